The molecule has 0 bridgehead atoms. The maximum atomic E-state index is 5.53. The molecule has 9 heteroatoms. The standard InChI is InChI=1S/C20H37N7O.HI/c1-15(2)18(27-9-11-28-12-10-27)13-21-20(23-17-7-5-6-8-17)22-14-19-25-24-16(3)26(19)4;/h15,17-18H,5-14H2,1-4H3,(H2,21,22,23);1H. The molecule has 1 aliphatic carbocycles. The third-order valence-electron chi connectivity index (χ3n) is 6.02. The molecule has 3 rings (SSSR count). The van der Waals surface area contributed by atoms with Crippen LogP contribution in [0.5, 0.6) is 0 Å². The second-order valence-electron chi connectivity index (χ2n) is 8.35. The highest BCUT2D eigenvalue weighted by atomic mass is 127. The number of aryl methyl sites for hydroxylation is 1. The lowest BCUT2D eigenvalue weighted by Crippen LogP contribution is -2.53. The van der Waals surface area contributed by atoms with Crippen molar-refractivity contribution in [3.63, 3.8) is 0 Å². The van der Waals surface area contributed by atoms with Crippen molar-refractivity contribution >= 4 is 29.9 Å². The lowest BCUT2D eigenvalue weighted by Gasteiger charge is -2.37. The summed E-state index contributed by atoms with van der Waals surface area (Å²) in [4.78, 5) is 7.38. The van der Waals surface area contributed by atoms with Crippen molar-refractivity contribution in [1.82, 2.24) is 30.3 Å². The van der Waals surface area contributed by atoms with Gasteiger partial charge in [-0.05, 0) is 25.7 Å². The average Bonchev–Trinajstić information content (AvgIpc) is 3.31. The van der Waals surface area contributed by atoms with Gasteiger partial charge in [-0.15, -0.1) is 34.2 Å². The second-order valence-corrected chi connectivity index (χ2v) is 8.35. The van der Waals surface area contributed by atoms with E-state index in [9.17, 15) is 0 Å². The van der Waals surface area contributed by atoms with Gasteiger partial charge in [-0.2, -0.15) is 0 Å². The minimum Gasteiger partial charge on any atom is -0.379 e. The number of aliphatic imine (C=N–C) groups is 1. The third kappa shape index (κ3) is 7.06. The van der Waals surface area contributed by atoms with Gasteiger partial charge in [-0.1, -0.05) is 26.7 Å². The van der Waals surface area contributed by atoms with Gasteiger partial charge in [0.05, 0.1) is 13.2 Å². The zero-order valence-electron chi connectivity index (χ0n) is 18.4. The summed E-state index contributed by atoms with van der Waals surface area (Å²) in [6.45, 7) is 11.6. The Morgan fingerprint density at radius 3 is 2.48 bits per heavy atom. The number of morpholine rings is 1. The Bertz CT molecular complexity index is 637. The van der Waals surface area contributed by atoms with Crippen molar-refractivity contribution in [3.05, 3.63) is 11.6 Å². The van der Waals surface area contributed by atoms with E-state index < -0.39 is 0 Å². The quantitative estimate of drug-likeness (QED) is 0.326. The number of ether oxygens (including phenoxy) is 1. The third-order valence-corrected chi connectivity index (χ3v) is 6.02. The normalized spacial score (nSPS) is 20.0. The zero-order chi connectivity index (χ0) is 19.9. The van der Waals surface area contributed by atoms with E-state index in [1.165, 1.54) is 25.7 Å². The molecule has 2 N–H and O–H groups in total. The molecule has 1 atom stereocenters. The van der Waals surface area contributed by atoms with Gasteiger partial charge in [-0.25, -0.2) is 4.99 Å². The Balaban J connectivity index is 0.00000300. The molecular formula is C20H38IN7O. The van der Waals surface area contributed by atoms with Crippen LogP contribution >= 0.6 is 24.0 Å². The highest BCUT2D eigenvalue weighted by Crippen LogP contribution is 2.17. The monoisotopic (exact) mass is 519 g/mol. The first-order valence-electron chi connectivity index (χ1n) is 10.8. The molecule has 2 fully saturated rings. The largest absolute Gasteiger partial charge is 0.379 e. The molecule has 2 aliphatic rings. The Hall–Kier alpha value is -0.940. The highest BCUT2D eigenvalue weighted by molar-refractivity contribution is 14.0. The van der Waals surface area contributed by atoms with Gasteiger partial charge in [-0.3, -0.25) is 4.90 Å². The Labute approximate surface area is 192 Å². The van der Waals surface area contributed by atoms with E-state index in [1.807, 2.05) is 18.5 Å². The first-order chi connectivity index (χ1) is 13.5. The minimum absolute atomic E-state index is 0. The Morgan fingerprint density at radius 2 is 1.90 bits per heavy atom. The van der Waals surface area contributed by atoms with Crippen LogP contribution in [-0.2, 0) is 18.3 Å². The summed E-state index contributed by atoms with van der Waals surface area (Å²) in [5.41, 5.74) is 0. The predicted octanol–water partition coefficient (Wildman–Crippen LogP) is 2.08. The van der Waals surface area contributed by atoms with Crippen LogP contribution in [0.2, 0.25) is 0 Å². The van der Waals surface area contributed by atoms with Crippen LogP contribution in [0.15, 0.2) is 4.99 Å². The molecule has 1 aromatic heterocycles. The smallest absolute Gasteiger partial charge is 0.191 e. The van der Waals surface area contributed by atoms with Gasteiger partial charge in [0.15, 0.2) is 11.8 Å². The number of nitrogens with one attached hydrogen (secondary N) is 2. The fourth-order valence-electron chi connectivity index (χ4n) is 4.05. The molecule has 29 heavy (non-hydrogen) atoms. The molecule has 1 saturated heterocycles. The number of hydrogen-bond acceptors (Lipinski definition) is 5. The van der Waals surface area contributed by atoms with Gasteiger partial charge in [0.2, 0.25) is 0 Å². The van der Waals surface area contributed by atoms with E-state index in [-0.39, 0.29) is 24.0 Å². The number of nitrogens with zero attached hydrogens (tertiary/aromatic N) is 5. The molecule has 1 aliphatic heterocycles. The van der Waals surface area contributed by atoms with Crippen molar-refractivity contribution in [3.8, 4) is 0 Å². The molecule has 0 radical (unpaired) electrons. The van der Waals surface area contributed by atoms with E-state index >= 15 is 0 Å². The Morgan fingerprint density at radius 1 is 1.21 bits per heavy atom. The van der Waals surface area contributed by atoms with Crippen LogP contribution in [-0.4, -0.2) is 70.6 Å². The van der Waals surface area contributed by atoms with Crippen molar-refractivity contribution < 1.29 is 4.74 Å². The first-order valence-corrected chi connectivity index (χ1v) is 10.8. The Kier molecular flexibility index (Phi) is 10.1. The maximum absolute atomic E-state index is 5.53. The molecule has 0 spiro atoms. The summed E-state index contributed by atoms with van der Waals surface area (Å²) in [6.07, 6.45) is 5.05. The van der Waals surface area contributed by atoms with Crippen LogP contribution < -0.4 is 10.6 Å². The molecule has 2 heterocycles. The van der Waals surface area contributed by atoms with Crippen LogP contribution in [0.1, 0.15) is 51.2 Å². The molecule has 1 unspecified atom stereocenters. The predicted molar refractivity (Wildman–Crippen MR) is 127 cm³/mol. The summed E-state index contributed by atoms with van der Waals surface area (Å²) < 4.78 is 7.53. The fourth-order valence-corrected chi connectivity index (χ4v) is 4.05. The summed E-state index contributed by atoms with van der Waals surface area (Å²) >= 11 is 0. The number of hydrogen-bond donors (Lipinski definition) is 2. The van der Waals surface area contributed by atoms with Gasteiger partial charge < -0.3 is 19.9 Å². The van der Waals surface area contributed by atoms with Gasteiger partial charge in [0, 0.05) is 38.8 Å². The van der Waals surface area contributed by atoms with Crippen molar-refractivity contribution in [1.29, 1.82) is 0 Å². The SMILES string of the molecule is Cc1nnc(CN=C(NCC(C(C)C)N2CCOCC2)NC2CCCC2)n1C.I. The lowest BCUT2D eigenvalue weighted by molar-refractivity contribution is 0.00751. The topological polar surface area (TPSA) is 79.6 Å². The second kappa shape index (κ2) is 12.0. The van der Waals surface area contributed by atoms with E-state index in [4.69, 9.17) is 9.73 Å². The van der Waals surface area contributed by atoms with Gasteiger partial charge >= 0.3 is 0 Å². The molecule has 8 nitrogen and oxygen atoms in total. The summed E-state index contributed by atoms with van der Waals surface area (Å²) in [5.74, 6) is 3.26. The van der Waals surface area contributed by atoms with E-state index in [0.29, 0.717) is 24.5 Å². The molecule has 0 amide bonds. The molecule has 1 aromatic rings. The molecule has 0 aromatic carbocycles. The molecular weight excluding hydrogens is 481 g/mol. The summed E-state index contributed by atoms with van der Waals surface area (Å²) in [6, 6.07) is 0.991. The first kappa shape index (κ1) is 24.3. The van der Waals surface area contributed by atoms with E-state index in [2.05, 4.69) is 39.6 Å². The molecule has 166 valence electrons. The number of guanidine groups is 1. The lowest BCUT2D eigenvalue weighted by atomic mass is 10.0. The van der Waals surface area contributed by atoms with Crippen LogP contribution in [0.3, 0.4) is 0 Å². The summed E-state index contributed by atoms with van der Waals surface area (Å²) in [5, 5.41) is 15.7. The van der Waals surface area contributed by atoms with E-state index in [1.54, 1.807) is 0 Å². The number of aromatic nitrogens is 3. The highest BCUT2D eigenvalue weighted by Gasteiger charge is 2.24. The summed E-state index contributed by atoms with van der Waals surface area (Å²) in [7, 11) is 1.99. The van der Waals surface area contributed by atoms with Crippen molar-refractivity contribution in [2.24, 2.45) is 18.0 Å². The van der Waals surface area contributed by atoms with Gasteiger partial charge in [0.1, 0.15) is 12.4 Å². The fraction of sp³-hybridized carbons (Fsp3) is 0.850. The average molecular weight is 519 g/mol. The zero-order valence-corrected chi connectivity index (χ0v) is 20.7. The minimum atomic E-state index is 0. The van der Waals surface area contributed by atoms with Gasteiger partial charge in [0.25, 0.3) is 0 Å². The van der Waals surface area contributed by atoms with Crippen LogP contribution in [0.25, 0.3) is 0 Å². The van der Waals surface area contributed by atoms with Crippen LogP contribution in [0, 0.1) is 12.8 Å². The maximum Gasteiger partial charge on any atom is 0.191 e. The number of halogens is 1. The van der Waals surface area contributed by atoms with Crippen molar-refractivity contribution in [2.75, 3.05) is 32.8 Å². The van der Waals surface area contributed by atoms with E-state index in [0.717, 1.165) is 50.5 Å². The van der Waals surface area contributed by atoms with Crippen LogP contribution in [0.4, 0.5) is 0 Å². The molecule has 1 saturated carbocycles. The van der Waals surface area contributed by atoms with Crippen molar-refractivity contribution in [2.45, 2.75) is 65.1 Å². The number of rotatable bonds is 7.